The first-order valence-electron chi connectivity index (χ1n) is 7.29. The van der Waals surface area contributed by atoms with Crippen molar-refractivity contribution < 1.29 is 60.4 Å². The lowest BCUT2D eigenvalue weighted by Crippen LogP contribution is -2.58. The molecule has 180 valence electrons. The van der Waals surface area contributed by atoms with E-state index in [1.54, 1.807) is 0 Å². The Morgan fingerprint density at radius 1 is 0.767 bits per heavy atom. The summed E-state index contributed by atoms with van der Waals surface area (Å²) in [5.41, 5.74) is -6.63. The summed E-state index contributed by atoms with van der Waals surface area (Å²) in [5, 5.41) is 11.1. The van der Waals surface area contributed by atoms with Gasteiger partial charge in [0, 0.05) is 32.7 Å². The normalized spacial score (nSPS) is 19.4. The molecule has 0 atom stereocenters. The molecule has 1 heterocycles. The van der Waals surface area contributed by atoms with Crippen LogP contribution in [0.1, 0.15) is 6.42 Å². The Balaban J connectivity index is 3.09. The van der Waals surface area contributed by atoms with Gasteiger partial charge in [-0.3, -0.25) is 0 Å². The molecule has 1 saturated heterocycles. The summed E-state index contributed by atoms with van der Waals surface area (Å²) in [4.78, 5) is 0.986. The number of halogens is 8. The first kappa shape index (κ1) is 27.2. The molecule has 0 radical (unpaired) electrons. The Bertz CT molecular complexity index is 937. The monoisotopic (exact) mass is 522 g/mol. The van der Waals surface area contributed by atoms with Gasteiger partial charge in [-0.25, -0.2) is 25.3 Å². The number of sulfonamides is 3. The van der Waals surface area contributed by atoms with Crippen molar-refractivity contribution in [3.63, 3.8) is 0 Å². The van der Waals surface area contributed by atoms with Crippen LogP contribution in [0.2, 0.25) is 0 Å². The summed E-state index contributed by atoms with van der Waals surface area (Å²) < 4.78 is 160. The Labute approximate surface area is 164 Å². The molecule has 1 aliphatic heterocycles. The van der Waals surface area contributed by atoms with Crippen LogP contribution in [0.4, 0.5) is 35.1 Å². The van der Waals surface area contributed by atoms with Crippen LogP contribution < -0.4 is 0 Å². The van der Waals surface area contributed by atoms with Crippen LogP contribution in [0.3, 0.4) is 0 Å². The van der Waals surface area contributed by atoms with E-state index in [9.17, 15) is 65.6 Å². The van der Waals surface area contributed by atoms with Crippen LogP contribution in [-0.4, -0.2) is 87.3 Å². The smallest absolute Gasteiger partial charge is 0.511 e. The second-order valence-corrected chi connectivity index (χ2v) is 11.7. The highest BCUT2D eigenvalue weighted by Crippen LogP contribution is 2.38. The molecule has 1 rings (SSSR count). The minimum Gasteiger partial charge on any atom is -0.758 e. The van der Waals surface area contributed by atoms with E-state index in [2.05, 4.69) is 0 Å². The van der Waals surface area contributed by atoms with Crippen molar-refractivity contribution >= 4 is 30.1 Å². The number of piperazine rings is 1. The molecule has 1 aliphatic rings. The third-order valence-corrected chi connectivity index (χ3v) is 9.73. The third kappa shape index (κ3) is 5.12. The maximum atomic E-state index is 14.1. The molecular weight excluding hydrogens is 510 g/mol. The summed E-state index contributed by atoms with van der Waals surface area (Å²) >= 11 is 0. The van der Waals surface area contributed by atoms with E-state index < -0.39 is 89.4 Å². The van der Waals surface area contributed by atoms with Gasteiger partial charge in [0.25, 0.3) is 20.0 Å². The summed E-state index contributed by atoms with van der Waals surface area (Å²) in [6.07, 6.45) is -5.91. The number of hydrogen-bond acceptors (Lipinski definition) is 8. The fourth-order valence-electron chi connectivity index (χ4n) is 2.06. The van der Waals surface area contributed by atoms with Crippen molar-refractivity contribution in [2.75, 3.05) is 32.7 Å². The predicted octanol–water partition coefficient (Wildman–Crippen LogP) is 0.416. The largest absolute Gasteiger partial charge is 0.758 e. The number of rotatable bonds is 7. The molecule has 0 aromatic heterocycles. The number of hydrogen-bond donors (Lipinski definition) is 0. The first-order chi connectivity index (χ1) is 13.1. The second-order valence-electron chi connectivity index (χ2n) is 5.69. The quantitative estimate of drug-likeness (QED) is 0.347. The molecule has 0 spiro atoms. The number of nitrogens with zero attached hydrogens (tertiary/aromatic N) is 3. The van der Waals surface area contributed by atoms with E-state index in [-0.39, 0.29) is 4.31 Å². The highest BCUT2D eigenvalue weighted by Gasteiger charge is 2.65. The van der Waals surface area contributed by atoms with Crippen molar-refractivity contribution in [3.8, 4) is 0 Å². The van der Waals surface area contributed by atoms with Crippen LogP contribution in [0, 0.1) is 5.21 Å². The van der Waals surface area contributed by atoms with Crippen LogP contribution >= 0.6 is 0 Å². The fraction of sp³-hybridized carbons (Fsp3) is 1.00. The molecule has 10 nitrogen and oxygen atoms in total. The molecule has 0 saturated carbocycles. The minimum atomic E-state index is -7.48. The molecule has 30 heavy (non-hydrogen) atoms. The van der Waals surface area contributed by atoms with Crippen molar-refractivity contribution in [1.29, 1.82) is 0 Å². The SMILES string of the molecule is O=S(=O)(N([O-])S(=O)(=O)C(F)(F)S(=O)(=O)N1CCN(CCC(F)(F)F)CC1)C(F)(F)F. The van der Waals surface area contributed by atoms with Crippen LogP contribution in [0.25, 0.3) is 0 Å². The maximum absolute atomic E-state index is 14.1. The molecular formula is C9H12F8N3O7S3-. The van der Waals surface area contributed by atoms with E-state index in [1.165, 1.54) is 0 Å². The van der Waals surface area contributed by atoms with Gasteiger partial charge in [0.2, 0.25) is 0 Å². The lowest BCUT2D eigenvalue weighted by molar-refractivity contribution is -0.138. The standard InChI is InChI=1S/C9H12F8N3O7S3/c10-7(11,12)1-2-18-3-5-19(6-4-18)29(24,25)9(16,17)30(26,27)20(21)28(22,23)8(13,14)15/h1-6H2/q-1. The van der Waals surface area contributed by atoms with Gasteiger partial charge in [0.05, 0.1) is 6.42 Å². The van der Waals surface area contributed by atoms with E-state index in [1.807, 2.05) is 0 Å². The van der Waals surface area contributed by atoms with Gasteiger partial charge in [-0.2, -0.15) is 43.3 Å². The zero-order valence-electron chi connectivity index (χ0n) is 14.2. The summed E-state index contributed by atoms with van der Waals surface area (Å²) in [7, 11) is -21.4. The van der Waals surface area contributed by atoms with Gasteiger partial charge in [-0.05, 0) is 0 Å². The van der Waals surface area contributed by atoms with Gasteiger partial charge in [-0.1, -0.05) is 0 Å². The zero-order valence-corrected chi connectivity index (χ0v) is 16.6. The lowest BCUT2D eigenvalue weighted by Gasteiger charge is -2.37. The molecule has 21 heteroatoms. The highest BCUT2D eigenvalue weighted by molar-refractivity contribution is 8.13. The van der Waals surface area contributed by atoms with Crippen LogP contribution in [-0.2, 0) is 30.1 Å². The maximum Gasteiger partial charge on any atom is 0.511 e. The van der Waals surface area contributed by atoms with E-state index in [4.69, 9.17) is 0 Å². The van der Waals surface area contributed by atoms with Crippen molar-refractivity contribution in [1.82, 2.24) is 13.1 Å². The Kier molecular flexibility index (Phi) is 7.46. The average molecular weight is 522 g/mol. The van der Waals surface area contributed by atoms with Crippen LogP contribution in [0.5, 0.6) is 0 Å². The predicted molar refractivity (Wildman–Crippen MR) is 81.7 cm³/mol. The Hall–Kier alpha value is -0.870. The molecule has 0 unspecified atom stereocenters. The van der Waals surface area contributed by atoms with Gasteiger partial charge >= 0.3 is 26.3 Å². The van der Waals surface area contributed by atoms with Gasteiger partial charge in [0.1, 0.15) is 0 Å². The van der Waals surface area contributed by atoms with Gasteiger partial charge < -0.3 is 10.1 Å². The zero-order chi connectivity index (χ0) is 24.0. The molecule has 0 aliphatic carbocycles. The molecule has 0 aromatic rings. The molecule has 0 amide bonds. The van der Waals surface area contributed by atoms with Gasteiger partial charge in [-0.15, -0.1) is 0 Å². The van der Waals surface area contributed by atoms with E-state index in [0.29, 0.717) is 0 Å². The molecule has 0 aromatic carbocycles. The minimum absolute atomic E-state index is 0.289. The fourth-order valence-corrected chi connectivity index (χ4v) is 6.64. The van der Waals surface area contributed by atoms with Crippen molar-refractivity contribution in [3.05, 3.63) is 5.21 Å². The first-order valence-corrected chi connectivity index (χ1v) is 11.6. The average Bonchev–Trinajstić information content (AvgIpc) is 2.57. The molecule has 0 N–H and O–H groups in total. The Morgan fingerprint density at radius 2 is 1.20 bits per heavy atom. The highest BCUT2D eigenvalue weighted by atomic mass is 32.3. The lowest BCUT2D eigenvalue weighted by atomic mass is 10.3. The number of alkyl halides is 8. The Morgan fingerprint density at radius 3 is 1.57 bits per heavy atom. The second kappa shape index (κ2) is 8.24. The third-order valence-electron chi connectivity index (χ3n) is 3.67. The van der Waals surface area contributed by atoms with Gasteiger partial charge in [0.15, 0.2) is 0 Å². The molecule has 0 bridgehead atoms. The molecule has 1 fully saturated rings. The van der Waals surface area contributed by atoms with Crippen molar-refractivity contribution in [2.24, 2.45) is 0 Å². The summed E-state index contributed by atoms with van der Waals surface area (Å²) in [6.45, 7) is -3.84. The summed E-state index contributed by atoms with van der Waals surface area (Å²) in [6, 6.07) is 0. The van der Waals surface area contributed by atoms with E-state index in [0.717, 1.165) is 4.90 Å². The van der Waals surface area contributed by atoms with Crippen molar-refractivity contribution in [2.45, 2.75) is 22.7 Å². The van der Waals surface area contributed by atoms with Crippen LogP contribution in [0.15, 0.2) is 0 Å². The van der Waals surface area contributed by atoms with E-state index >= 15 is 0 Å². The summed E-state index contributed by atoms with van der Waals surface area (Å²) in [5.74, 6) is 0. The topological polar surface area (TPSA) is 135 Å².